The minimum Gasteiger partial charge on any atom is -0.494 e. The van der Waals surface area contributed by atoms with E-state index in [1.54, 1.807) is 12.5 Å². The minimum absolute atomic E-state index is 0.508. The van der Waals surface area contributed by atoms with Crippen LogP contribution in [-0.2, 0) is 6.54 Å². The van der Waals surface area contributed by atoms with Crippen molar-refractivity contribution in [2.24, 2.45) is 0 Å². The molecule has 0 aliphatic carbocycles. The van der Waals surface area contributed by atoms with Crippen LogP contribution in [0.2, 0.25) is 0 Å². The number of benzene rings is 1. The van der Waals surface area contributed by atoms with E-state index in [-0.39, 0.29) is 0 Å². The predicted molar refractivity (Wildman–Crippen MR) is 74.3 cm³/mol. The number of hydrogen-bond donors (Lipinski definition) is 1. The van der Waals surface area contributed by atoms with Gasteiger partial charge in [0, 0.05) is 12.4 Å². The quantitative estimate of drug-likeness (QED) is 0.899. The van der Waals surface area contributed by atoms with Crippen molar-refractivity contribution in [1.29, 1.82) is 0 Å². The van der Waals surface area contributed by atoms with Gasteiger partial charge in [0.15, 0.2) is 0 Å². The Kier molecular flexibility index (Phi) is 4.22. The number of rotatable bonds is 5. The lowest BCUT2D eigenvalue weighted by Crippen LogP contribution is -2.09. The molecule has 102 valence electrons. The van der Waals surface area contributed by atoms with Crippen LogP contribution in [0.3, 0.4) is 0 Å². The number of aromatic nitrogens is 2. The number of imidazole rings is 1. The Labute approximate surface area is 113 Å². The van der Waals surface area contributed by atoms with Gasteiger partial charge in [-0.1, -0.05) is 0 Å². The summed E-state index contributed by atoms with van der Waals surface area (Å²) >= 11 is 0. The first-order valence-electron chi connectivity index (χ1n) is 6.49. The fraction of sp³-hybridized carbons (Fsp3) is 0.400. The Morgan fingerprint density at radius 3 is 2.74 bits per heavy atom. The van der Waals surface area contributed by atoms with E-state index < -0.39 is 6.10 Å². The Morgan fingerprint density at radius 1 is 1.32 bits per heavy atom. The summed E-state index contributed by atoms with van der Waals surface area (Å²) in [7, 11) is 0. The van der Waals surface area contributed by atoms with Gasteiger partial charge < -0.3 is 14.4 Å². The van der Waals surface area contributed by atoms with Gasteiger partial charge in [0.25, 0.3) is 0 Å². The predicted octanol–water partition coefficient (Wildman–Crippen LogP) is 2.63. The van der Waals surface area contributed by atoms with Crippen molar-refractivity contribution in [3.05, 3.63) is 47.5 Å². The van der Waals surface area contributed by atoms with Crippen LogP contribution < -0.4 is 4.74 Å². The van der Waals surface area contributed by atoms with E-state index in [4.69, 9.17) is 4.74 Å². The van der Waals surface area contributed by atoms with Gasteiger partial charge in [0.1, 0.15) is 5.75 Å². The Bertz CT molecular complexity index is 535. The second kappa shape index (κ2) is 5.89. The van der Waals surface area contributed by atoms with Gasteiger partial charge in [-0.05, 0) is 49.6 Å². The molecule has 1 heterocycles. The van der Waals surface area contributed by atoms with Gasteiger partial charge >= 0.3 is 0 Å². The molecule has 0 fully saturated rings. The Balaban J connectivity index is 2.22. The standard InChI is InChI=1S/C15H20N2O2/c1-4-19-15-8-11(2)13(7-12(15)3)14(18)9-17-6-5-16-10-17/h5-8,10,14,18H,4,9H2,1-3H3. The second-order valence-corrected chi connectivity index (χ2v) is 4.68. The normalized spacial score (nSPS) is 12.4. The molecule has 0 aliphatic rings. The van der Waals surface area contributed by atoms with E-state index in [1.807, 2.05) is 43.7 Å². The van der Waals surface area contributed by atoms with E-state index in [9.17, 15) is 5.11 Å². The number of hydrogen-bond acceptors (Lipinski definition) is 3. The summed E-state index contributed by atoms with van der Waals surface area (Å²) in [5, 5.41) is 10.3. The summed E-state index contributed by atoms with van der Waals surface area (Å²) in [4.78, 5) is 3.98. The molecule has 1 atom stereocenters. The molecule has 0 amide bonds. The third-order valence-electron chi connectivity index (χ3n) is 3.17. The Morgan fingerprint density at radius 2 is 2.11 bits per heavy atom. The number of aliphatic hydroxyl groups excluding tert-OH is 1. The first-order valence-corrected chi connectivity index (χ1v) is 6.49. The third kappa shape index (κ3) is 3.15. The zero-order valence-electron chi connectivity index (χ0n) is 11.6. The van der Waals surface area contributed by atoms with Crippen molar-refractivity contribution in [3.8, 4) is 5.75 Å². The fourth-order valence-corrected chi connectivity index (χ4v) is 2.17. The third-order valence-corrected chi connectivity index (χ3v) is 3.17. The molecule has 4 nitrogen and oxygen atoms in total. The van der Waals surface area contributed by atoms with E-state index >= 15 is 0 Å². The molecule has 1 unspecified atom stereocenters. The van der Waals surface area contributed by atoms with Crippen LogP contribution in [0.4, 0.5) is 0 Å². The first kappa shape index (κ1) is 13.6. The van der Waals surface area contributed by atoms with E-state index in [0.717, 1.165) is 22.4 Å². The lowest BCUT2D eigenvalue weighted by molar-refractivity contribution is 0.155. The van der Waals surface area contributed by atoms with E-state index in [0.29, 0.717) is 13.2 Å². The smallest absolute Gasteiger partial charge is 0.122 e. The lowest BCUT2D eigenvalue weighted by atomic mass is 10.00. The van der Waals surface area contributed by atoms with Crippen LogP contribution >= 0.6 is 0 Å². The largest absolute Gasteiger partial charge is 0.494 e. The maximum absolute atomic E-state index is 10.3. The van der Waals surface area contributed by atoms with Gasteiger partial charge in [-0.3, -0.25) is 0 Å². The zero-order chi connectivity index (χ0) is 13.8. The van der Waals surface area contributed by atoms with Crippen molar-refractivity contribution in [3.63, 3.8) is 0 Å². The highest BCUT2D eigenvalue weighted by atomic mass is 16.5. The molecule has 2 rings (SSSR count). The van der Waals surface area contributed by atoms with Crippen molar-refractivity contribution in [2.75, 3.05) is 6.61 Å². The van der Waals surface area contributed by atoms with Crippen LogP contribution in [0.5, 0.6) is 5.75 Å². The van der Waals surface area contributed by atoms with Crippen LogP contribution in [-0.4, -0.2) is 21.3 Å². The van der Waals surface area contributed by atoms with Gasteiger partial charge in [0.2, 0.25) is 0 Å². The van der Waals surface area contributed by atoms with Crippen molar-refractivity contribution < 1.29 is 9.84 Å². The molecular formula is C15H20N2O2. The van der Waals surface area contributed by atoms with Crippen molar-refractivity contribution in [2.45, 2.75) is 33.4 Å². The maximum Gasteiger partial charge on any atom is 0.122 e. The summed E-state index contributed by atoms with van der Waals surface area (Å²) in [6.07, 6.45) is 4.73. The molecule has 0 aliphatic heterocycles. The summed E-state index contributed by atoms with van der Waals surface area (Å²) in [6, 6.07) is 3.99. The first-order chi connectivity index (χ1) is 9.11. The minimum atomic E-state index is -0.538. The summed E-state index contributed by atoms with van der Waals surface area (Å²) in [5.74, 6) is 0.888. The Hall–Kier alpha value is -1.81. The number of ether oxygens (including phenoxy) is 1. The number of nitrogens with zero attached hydrogens (tertiary/aromatic N) is 2. The topological polar surface area (TPSA) is 47.3 Å². The molecule has 19 heavy (non-hydrogen) atoms. The van der Waals surface area contributed by atoms with Gasteiger partial charge in [-0.2, -0.15) is 0 Å². The van der Waals surface area contributed by atoms with Gasteiger partial charge in [-0.15, -0.1) is 0 Å². The van der Waals surface area contributed by atoms with Crippen molar-refractivity contribution in [1.82, 2.24) is 9.55 Å². The molecule has 2 aromatic rings. The molecule has 0 saturated heterocycles. The van der Waals surface area contributed by atoms with E-state index in [1.165, 1.54) is 0 Å². The average molecular weight is 260 g/mol. The highest BCUT2D eigenvalue weighted by molar-refractivity contribution is 5.42. The maximum atomic E-state index is 10.3. The summed E-state index contributed by atoms with van der Waals surface area (Å²) in [5.41, 5.74) is 3.03. The molecule has 0 saturated carbocycles. The second-order valence-electron chi connectivity index (χ2n) is 4.68. The highest BCUT2D eigenvalue weighted by Gasteiger charge is 2.13. The monoisotopic (exact) mass is 260 g/mol. The average Bonchev–Trinajstić information content (AvgIpc) is 2.86. The number of aliphatic hydroxyl groups is 1. The molecule has 1 N–H and O–H groups in total. The van der Waals surface area contributed by atoms with Crippen molar-refractivity contribution >= 4 is 0 Å². The highest BCUT2D eigenvalue weighted by Crippen LogP contribution is 2.27. The summed E-state index contributed by atoms with van der Waals surface area (Å²) < 4.78 is 7.43. The summed E-state index contributed by atoms with van der Waals surface area (Å²) in [6.45, 7) is 7.12. The lowest BCUT2D eigenvalue weighted by Gasteiger charge is -2.17. The molecule has 4 heteroatoms. The number of aryl methyl sites for hydroxylation is 2. The van der Waals surface area contributed by atoms with Crippen LogP contribution in [0.15, 0.2) is 30.9 Å². The van der Waals surface area contributed by atoms with Gasteiger partial charge in [0.05, 0.1) is 25.6 Å². The molecule has 0 spiro atoms. The zero-order valence-corrected chi connectivity index (χ0v) is 11.6. The van der Waals surface area contributed by atoms with E-state index in [2.05, 4.69) is 4.98 Å². The van der Waals surface area contributed by atoms with Crippen LogP contribution in [0, 0.1) is 13.8 Å². The molecule has 0 radical (unpaired) electrons. The molecular weight excluding hydrogens is 240 g/mol. The SMILES string of the molecule is CCOc1cc(C)c(C(O)Cn2ccnc2)cc1C. The fourth-order valence-electron chi connectivity index (χ4n) is 2.17. The van der Waals surface area contributed by atoms with Gasteiger partial charge in [-0.25, -0.2) is 4.98 Å². The van der Waals surface area contributed by atoms with Crippen LogP contribution in [0.1, 0.15) is 29.7 Å². The van der Waals surface area contributed by atoms with Crippen LogP contribution in [0.25, 0.3) is 0 Å². The molecule has 1 aromatic heterocycles. The molecule has 1 aromatic carbocycles. The molecule has 0 bridgehead atoms.